The normalized spacial score (nSPS) is 10.5. The second-order valence-electron chi connectivity index (χ2n) is 4.17. The van der Waals surface area contributed by atoms with Gasteiger partial charge in [-0.15, -0.1) is 0 Å². The van der Waals surface area contributed by atoms with Gasteiger partial charge in [0, 0.05) is 24.0 Å². The molecular weight excluding hydrogens is 230 g/mol. The Bertz CT molecular complexity index is 575. The summed E-state index contributed by atoms with van der Waals surface area (Å²) in [4.78, 5) is 15.0. The lowest BCUT2D eigenvalue weighted by atomic mass is 10.2. The molecule has 0 amide bonds. The van der Waals surface area contributed by atoms with Crippen LogP contribution >= 0.6 is 0 Å². The van der Waals surface area contributed by atoms with Gasteiger partial charge in [0.25, 0.3) is 0 Å². The lowest BCUT2D eigenvalue weighted by Crippen LogP contribution is -2.05. The van der Waals surface area contributed by atoms with Gasteiger partial charge in [0.15, 0.2) is 0 Å². The fraction of sp³-hybridized carbons (Fsp3) is 0.231. The number of anilines is 1. The summed E-state index contributed by atoms with van der Waals surface area (Å²) < 4.78 is 1.85. The smallest absolute Gasteiger partial charge is 0.305 e. The number of carboxylic acids is 1. The number of nitrogens with two attached hydrogens (primary N) is 1. The second kappa shape index (κ2) is 4.91. The van der Waals surface area contributed by atoms with Crippen LogP contribution in [0.25, 0.3) is 11.4 Å². The van der Waals surface area contributed by atoms with Crippen molar-refractivity contribution in [2.45, 2.75) is 19.9 Å². The van der Waals surface area contributed by atoms with Crippen molar-refractivity contribution >= 4 is 11.7 Å². The minimum atomic E-state index is -0.820. The molecule has 3 N–H and O–H groups in total. The standard InChI is InChI=1S/C13H15N3O2/c1-9-8-16(6-5-12(17)18)13(15-9)10-3-2-4-11(14)7-10/h2-4,7-8H,5-6,14H2,1H3,(H,17,18). The summed E-state index contributed by atoms with van der Waals surface area (Å²) in [7, 11) is 0. The van der Waals surface area contributed by atoms with E-state index in [0.717, 1.165) is 17.1 Å². The van der Waals surface area contributed by atoms with E-state index in [-0.39, 0.29) is 6.42 Å². The number of imidazole rings is 1. The number of nitrogens with zero attached hydrogens (tertiary/aromatic N) is 2. The largest absolute Gasteiger partial charge is 0.481 e. The Balaban J connectivity index is 2.35. The Kier molecular flexibility index (Phi) is 3.32. The lowest BCUT2D eigenvalue weighted by Gasteiger charge is -2.06. The molecule has 0 aliphatic carbocycles. The van der Waals surface area contributed by atoms with Gasteiger partial charge in [-0.25, -0.2) is 4.98 Å². The molecule has 0 bridgehead atoms. The first-order valence-corrected chi connectivity index (χ1v) is 5.68. The summed E-state index contributed by atoms with van der Waals surface area (Å²) in [5.41, 5.74) is 8.16. The van der Waals surface area contributed by atoms with Gasteiger partial charge in [0.2, 0.25) is 0 Å². The van der Waals surface area contributed by atoms with Crippen molar-refractivity contribution < 1.29 is 9.90 Å². The van der Waals surface area contributed by atoms with E-state index in [1.165, 1.54) is 0 Å². The van der Waals surface area contributed by atoms with Crippen LogP contribution in [0.2, 0.25) is 0 Å². The molecular formula is C13H15N3O2. The highest BCUT2D eigenvalue weighted by Gasteiger charge is 2.09. The summed E-state index contributed by atoms with van der Waals surface area (Å²) in [6.07, 6.45) is 1.92. The number of aryl methyl sites for hydroxylation is 2. The van der Waals surface area contributed by atoms with Crippen molar-refractivity contribution in [3.63, 3.8) is 0 Å². The predicted octanol–water partition coefficient (Wildman–Crippen LogP) is 1.92. The Hall–Kier alpha value is -2.30. The molecule has 0 atom stereocenters. The molecule has 0 spiro atoms. The summed E-state index contributed by atoms with van der Waals surface area (Å²) in [5, 5.41) is 8.73. The number of aromatic nitrogens is 2. The summed E-state index contributed by atoms with van der Waals surface area (Å²) in [6.45, 7) is 2.29. The van der Waals surface area contributed by atoms with Crippen LogP contribution in [0.5, 0.6) is 0 Å². The van der Waals surface area contributed by atoms with E-state index in [1.807, 2.05) is 35.9 Å². The number of rotatable bonds is 4. The first kappa shape index (κ1) is 12.2. The highest BCUT2D eigenvalue weighted by Crippen LogP contribution is 2.21. The highest BCUT2D eigenvalue weighted by atomic mass is 16.4. The molecule has 0 radical (unpaired) electrons. The SMILES string of the molecule is Cc1cn(CCC(=O)O)c(-c2cccc(N)c2)n1. The van der Waals surface area contributed by atoms with Crippen molar-refractivity contribution in [3.8, 4) is 11.4 Å². The van der Waals surface area contributed by atoms with Gasteiger partial charge in [0.1, 0.15) is 5.82 Å². The number of hydrogen-bond acceptors (Lipinski definition) is 3. The molecule has 5 nitrogen and oxygen atoms in total. The number of aliphatic carboxylic acids is 1. The summed E-state index contributed by atoms with van der Waals surface area (Å²) in [5.74, 6) is -0.0686. The molecule has 0 unspecified atom stereocenters. The third kappa shape index (κ3) is 2.68. The molecule has 0 fully saturated rings. The molecule has 1 aromatic heterocycles. The van der Waals surface area contributed by atoms with Crippen LogP contribution < -0.4 is 5.73 Å². The quantitative estimate of drug-likeness (QED) is 0.806. The Morgan fingerprint density at radius 2 is 2.28 bits per heavy atom. The maximum atomic E-state index is 10.6. The van der Waals surface area contributed by atoms with Crippen LogP contribution in [0.4, 0.5) is 5.69 Å². The van der Waals surface area contributed by atoms with E-state index in [4.69, 9.17) is 10.8 Å². The number of carbonyl (C=O) groups is 1. The lowest BCUT2D eigenvalue weighted by molar-refractivity contribution is -0.137. The van der Waals surface area contributed by atoms with Crippen LogP contribution in [0, 0.1) is 6.92 Å². The van der Waals surface area contributed by atoms with Crippen molar-refractivity contribution in [1.82, 2.24) is 9.55 Å². The minimum Gasteiger partial charge on any atom is -0.481 e. The highest BCUT2D eigenvalue weighted by molar-refractivity contribution is 5.67. The Morgan fingerprint density at radius 1 is 1.50 bits per heavy atom. The maximum Gasteiger partial charge on any atom is 0.305 e. The van der Waals surface area contributed by atoms with Gasteiger partial charge in [-0.3, -0.25) is 4.79 Å². The first-order valence-electron chi connectivity index (χ1n) is 5.68. The van der Waals surface area contributed by atoms with E-state index in [1.54, 1.807) is 6.07 Å². The number of carboxylic acid groups (broad SMARTS) is 1. The van der Waals surface area contributed by atoms with Gasteiger partial charge in [-0.1, -0.05) is 12.1 Å². The van der Waals surface area contributed by atoms with Crippen LogP contribution in [0.1, 0.15) is 12.1 Å². The Labute approximate surface area is 105 Å². The van der Waals surface area contributed by atoms with Crippen molar-refractivity contribution in [3.05, 3.63) is 36.2 Å². The van der Waals surface area contributed by atoms with E-state index in [0.29, 0.717) is 12.2 Å². The van der Waals surface area contributed by atoms with Crippen LogP contribution in [-0.2, 0) is 11.3 Å². The minimum absolute atomic E-state index is 0.0745. The topological polar surface area (TPSA) is 81.1 Å². The van der Waals surface area contributed by atoms with Crippen molar-refractivity contribution in [1.29, 1.82) is 0 Å². The van der Waals surface area contributed by atoms with Gasteiger partial charge in [-0.2, -0.15) is 0 Å². The third-order valence-electron chi connectivity index (χ3n) is 2.61. The predicted molar refractivity (Wildman–Crippen MR) is 69.1 cm³/mol. The maximum absolute atomic E-state index is 10.6. The molecule has 2 aromatic rings. The zero-order chi connectivity index (χ0) is 13.1. The monoisotopic (exact) mass is 245 g/mol. The number of hydrogen-bond donors (Lipinski definition) is 2. The fourth-order valence-electron chi connectivity index (χ4n) is 1.84. The van der Waals surface area contributed by atoms with Crippen molar-refractivity contribution in [2.75, 3.05) is 5.73 Å². The molecule has 18 heavy (non-hydrogen) atoms. The summed E-state index contributed by atoms with van der Waals surface area (Å²) in [6, 6.07) is 7.41. The van der Waals surface area contributed by atoms with Crippen LogP contribution in [0.15, 0.2) is 30.5 Å². The first-order chi connectivity index (χ1) is 8.56. The molecule has 1 heterocycles. The van der Waals surface area contributed by atoms with Gasteiger partial charge >= 0.3 is 5.97 Å². The molecule has 0 saturated carbocycles. The van der Waals surface area contributed by atoms with E-state index < -0.39 is 5.97 Å². The molecule has 0 saturated heterocycles. The van der Waals surface area contributed by atoms with Gasteiger partial charge in [0.05, 0.1) is 12.1 Å². The van der Waals surface area contributed by atoms with E-state index in [9.17, 15) is 4.79 Å². The average molecular weight is 245 g/mol. The van der Waals surface area contributed by atoms with Crippen molar-refractivity contribution in [2.24, 2.45) is 0 Å². The van der Waals surface area contributed by atoms with Crippen LogP contribution in [-0.4, -0.2) is 20.6 Å². The number of nitrogen functional groups attached to an aromatic ring is 1. The summed E-state index contributed by atoms with van der Waals surface area (Å²) >= 11 is 0. The second-order valence-corrected chi connectivity index (χ2v) is 4.17. The van der Waals surface area contributed by atoms with Gasteiger partial charge < -0.3 is 15.4 Å². The third-order valence-corrected chi connectivity index (χ3v) is 2.61. The Morgan fingerprint density at radius 3 is 2.94 bits per heavy atom. The zero-order valence-corrected chi connectivity index (χ0v) is 10.1. The van der Waals surface area contributed by atoms with E-state index in [2.05, 4.69) is 4.98 Å². The molecule has 2 rings (SSSR count). The average Bonchev–Trinajstić information content (AvgIpc) is 2.68. The van der Waals surface area contributed by atoms with Crippen LogP contribution in [0.3, 0.4) is 0 Å². The molecule has 1 aromatic carbocycles. The molecule has 94 valence electrons. The molecule has 0 aliphatic heterocycles. The van der Waals surface area contributed by atoms with Gasteiger partial charge in [-0.05, 0) is 19.1 Å². The molecule has 5 heteroatoms. The zero-order valence-electron chi connectivity index (χ0n) is 10.1. The fourth-order valence-corrected chi connectivity index (χ4v) is 1.84. The van der Waals surface area contributed by atoms with E-state index >= 15 is 0 Å². The molecule has 0 aliphatic rings. The number of benzene rings is 1.